The minimum Gasteiger partial charge on any atom is -0.488 e. The number of para-hydroxylation sites is 1. The number of nitrogens with one attached hydrogen (secondary N) is 1. The van der Waals surface area contributed by atoms with Crippen LogP contribution in [0.15, 0.2) is 48.5 Å². The van der Waals surface area contributed by atoms with Gasteiger partial charge in [-0.1, -0.05) is 24.3 Å². The van der Waals surface area contributed by atoms with E-state index in [0.717, 1.165) is 0 Å². The number of hydrogen-bond acceptors (Lipinski definition) is 3. The van der Waals surface area contributed by atoms with E-state index >= 15 is 0 Å². The number of amides is 1. The Bertz CT molecular complexity index is 674. The van der Waals surface area contributed by atoms with Crippen molar-refractivity contribution in [2.45, 2.75) is 39.5 Å². The van der Waals surface area contributed by atoms with Gasteiger partial charge < -0.3 is 14.8 Å². The van der Waals surface area contributed by atoms with Crippen LogP contribution in [-0.2, 0) is 11.3 Å². The highest BCUT2D eigenvalue weighted by Gasteiger charge is 2.14. The summed E-state index contributed by atoms with van der Waals surface area (Å²) in [5.74, 6) is 0.132. The van der Waals surface area contributed by atoms with Crippen molar-refractivity contribution in [1.82, 2.24) is 5.32 Å². The number of carbonyl (C=O) groups excluding carboxylic acids is 1. The van der Waals surface area contributed by atoms with Gasteiger partial charge in [-0.25, -0.2) is 4.39 Å². The van der Waals surface area contributed by atoms with Crippen LogP contribution in [0.2, 0.25) is 0 Å². The maximum absolute atomic E-state index is 13.9. The molecule has 2 rings (SSSR count). The molecule has 0 unspecified atom stereocenters. The lowest BCUT2D eigenvalue weighted by molar-refractivity contribution is -0.127. The van der Waals surface area contributed by atoms with Gasteiger partial charge in [-0.05, 0) is 50.6 Å². The molecule has 0 aliphatic rings. The highest BCUT2D eigenvalue weighted by atomic mass is 19.1. The van der Waals surface area contributed by atoms with Crippen LogP contribution in [0.5, 0.6) is 11.5 Å². The first-order chi connectivity index (χ1) is 11.5. The molecule has 0 aliphatic carbocycles. The van der Waals surface area contributed by atoms with Crippen LogP contribution in [0.4, 0.5) is 4.39 Å². The van der Waals surface area contributed by atoms with Crippen LogP contribution in [0.25, 0.3) is 0 Å². The van der Waals surface area contributed by atoms with Gasteiger partial charge in [0.05, 0.1) is 6.10 Å². The molecule has 0 saturated heterocycles. The van der Waals surface area contributed by atoms with Crippen LogP contribution in [0, 0.1) is 5.82 Å². The van der Waals surface area contributed by atoms with Crippen molar-refractivity contribution in [2.75, 3.05) is 0 Å². The Morgan fingerprint density at radius 1 is 1.08 bits per heavy atom. The van der Waals surface area contributed by atoms with E-state index in [1.807, 2.05) is 32.0 Å². The zero-order chi connectivity index (χ0) is 17.5. The molecule has 0 spiro atoms. The maximum atomic E-state index is 13.9. The largest absolute Gasteiger partial charge is 0.488 e. The number of hydrogen-bond donors (Lipinski definition) is 1. The summed E-state index contributed by atoms with van der Waals surface area (Å²) in [5.41, 5.74) is 0.656. The first-order valence-corrected chi connectivity index (χ1v) is 7.90. The van der Waals surface area contributed by atoms with E-state index < -0.39 is 11.9 Å². The molecule has 0 radical (unpaired) electrons. The third-order valence-corrected chi connectivity index (χ3v) is 3.25. The molecule has 1 N–H and O–H groups in total. The van der Waals surface area contributed by atoms with E-state index in [-0.39, 0.29) is 24.3 Å². The minimum atomic E-state index is -0.638. The molecule has 0 aliphatic heterocycles. The first-order valence-electron chi connectivity index (χ1n) is 7.90. The zero-order valence-electron chi connectivity index (χ0n) is 14.1. The van der Waals surface area contributed by atoms with Crippen molar-refractivity contribution in [2.24, 2.45) is 0 Å². The van der Waals surface area contributed by atoms with Gasteiger partial charge in [0, 0.05) is 6.54 Å². The zero-order valence-corrected chi connectivity index (χ0v) is 14.1. The van der Waals surface area contributed by atoms with E-state index in [1.54, 1.807) is 31.2 Å². The van der Waals surface area contributed by atoms with Crippen molar-refractivity contribution in [3.8, 4) is 11.5 Å². The lowest BCUT2D eigenvalue weighted by atomic mass is 10.2. The summed E-state index contributed by atoms with van der Waals surface area (Å²) in [6.07, 6.45) is -0.734. The highest BCUT2D eigenvalue weighted by molar-refractivity contribution is 5.80. The van der Waals surface area contributed by atoms with Gasteiger partial charge in [-0.2, -0.15) is 0 Å². The number of rotatable bonds is 7. The first kappa shape index (κ1) is 17.8. The summed E-state index contributed by atoms with van der Waals surface area (Å²) < 4.78 is 24.8. The predicted molar refractivity (Wildman–Crippen MR) is 90.5 cm³/mol. The summed E-state index contributed by atoms with van der Waals surface area (Å²) in [4.78, 5) is 12.1. The smallest absolute Gasteiger partial charge is 0.261 e. The standard InChI is InChI=1S/C19H22FNO3/c1-13(2)23-18-10-9-15(11-17(18)20)12-21-19(22)14(3)24-16-7-5-4-6-8-16/h4-11,13-14H,12H2,1-3H3,(H,21,22)/t14-/m0/s1. The Balaban J connectivity index is 1.88. The van der Waals surface area contributed by atoms with Gasteiger partial charge in [-0.15, -0.1) is 0 Å². The number of benzene rings is 2. The molecule has 0 bridgehead atoms. The lowest BCUT2D eigenvalue weighted by Gasteiger charge is -2.15. The SMILES string of the molecule is CC(C)Oc1ccc(CNC(=O)[C@H](C)Oc2ccccc2)cc1F. The number of halogens is 1. The average Bonchev–Trinajstić information content (AvgIpc) is 2.55. The molecule has 1 amide bonds. The quantitative estimate of drug-likeness (QED) is 0.841. The molecule has 4 nitrogen and oxygen atoms in total. The molecule has 2 aromatic carbocycles. The molecular weight excluding hydrogens is 309 g/mol. The topological polar surface area (TPSA) is 47.6 Å². The molecule has 128 valence electrons. The van der Waals surface area contributed by atoms with Crippen molar-refractivity contribution in [3.63, 3.8) is 0 Å². The van der Waals surface area contributed by atoms with Gasteiger partial charge in [0.1, 0.15) is 5.75 Å². The summed E-state index contributed by atoms with van der Waals surface area (Å²) in [5, 5.41) is 2.74. The van der Waals surface area contributed by atoms with E-state index in [1.165, 1.54) is 6.07 Å². The second kappa shape index (κ2) is 8.34. The Morgan fingerprint density at radius 3 is 2.42 bits per heavy atom. The second-order valence-corrected chi connectivity index (χ2v) is 5.72. The summed E-state index contributed by atoms with van der Waals surface area (Å²) in [6, 6.07) is 13.8. The summed E-state index contributed by atoms with van der Waals surface area (Å²) in [7, 11) is 0. The van der Waals surface area contributed by atoms with Gasteiger partial charge in [0.25, 0.3) is 5.91 Å². The van der Waals surface area contributed by atoms with Crippen LogP contribution in [-0.4, -0.2) is 18.1 Å². The molecule has 0 aromatic heterocycles. The predicted octanol–water partition coefficient (Wildman–Crippen LogP) is 3.70. The average molecular weight is 331 g/mol. The fraction of sp³-hybridized carbons (Fsp3) is 0.316. The number of ether oxygens (including phenoxy) is 2. The van der Waals surface area contributed by atoms with Crippen molar-refractivity contribution in [1.29, 1.82) is 0 Å². The molecule has 0 saturated carbocycles. The Hall–Kier alpha value is -2.56. The number of carbonyl (C=O) groups is 1. The molecule has 0 fully saturated rings. The minimum absolute atomic E-state index is 0.0963. The van der Waals surface area contributed by atoms with Gasteiger partial charge in [-0.3, -0.25) is 4.79 Å². The molecule has 24 heavy (non-hydrogen) atoms. The second-order valence-electron chi connectivity index (χ2n) is 5.72. The Kier molecular flexibility index (Phi) is 6.18. The van der Waals surface area contributed by atoms with E-state index in [0.29, 0.717) is 11.3 Å². The lowest BCUT2D eigenvalue weighted by Crippen LogP contribution is -2.35. The molecule has 1 atom stereocenters. The van der Waals surface area contributed by atoms with Gasteiger partial charge in [0.2, 0.25) is 0 Å². The van der Waals surface area contributed by atoms with Crippen molar-refractivity contribution >= 4 is 5.91 Å². The fourth-order valence-corrected chi connectivity index (χ4v) is 2.09. The van der Waals surface area contributed by atoms with Crippen LogP contribution < -0.4 is 14.8 Å². The Morgan fingerprint density at radius 2 is 1.79 bits per heavy atom. The van der Waals surface area contributed by atoms with E-state index in [9.17, 15) is 9.18 Å². The van der Waals surface area contributed by atoms with E-state index in [2.05, 4.69) is 5.32 Å². The maximum Gasteiger partial charge on any atom is 0.261 e. The summed E-state index contributed by atoms with van der Waals surface area (Å²) >= 11 is 0. The Labute approximate surface area is 141 Å². The third-order valence-electron chi connectivity index (χ3n) is 3.25. The van der Waals surface area contributed by atoms with Crippen molar-refractivity contribution in [3.05, 3.63) is 59.9 Å². The van der Waals surface area contributed by atoms with Gasteiger partial charge in [0.15, 0.2) is 17.7 Å². The normalized spacial score (nSPS) is 11.9. The molecule has 0 heterocycles. The fourth-order valence-electron chi connectivity index (χ4n) is 2.09. The summed E-state index contributed by atoms with van der Waals surface area (Å²) in [6.45, 7) is 5.56. The highest BCUT2D eigenvalue weighted by Crippen LogP contribution is 2.19. The third kappa shape index (κ3) is 5.26. The molecule has 2 aromatic rings. The van der Waals surface area contributed by atoms with Crippen LogP contribution >= 0.6 is 0 Å². The monoisotopic (exact) mass is 331 g/mol. The van der Waals surface area contributed by atoms with Crippen LogP contribution in [0.1, 0.15) is 26.3 Å². The van der Waals surface area contributed by atoms with Gasteiger partial charge >= 0.3 is 0 Å². The molecular formula is C19H22FNO3. The van der Waals surface area contributed by atoms with Crippen LogP contribution in [0.3, 0.4) is 0 Å². The van der Waals surface area contributed by atoms with Crippen molar-refractivity contribution < 1.29 is 18.7 Å². The van der Waals surface area contributed by atoms with E-state index in [4.69, 9.17) is 9.47 Å². The molecule has 5 heteroatoms.